The van der Waals surface area contributed by atoms with Crippen LogP contribution >= 0.6 is 31.9 Å². The van der Waals surface area contributed by atoms with Crippen LogP contribution in [-0.4, -0.2) is 32.4 Å². The predicted octanol–water partition coefficient (Wildman–Crippen LogP) is 5.27. The monoisotopic (exact) mass is 526 g/mol. The van der Waals surface area contributed by atoms with E-state index in [4.69, 9.17) is 14.2 Å². The minimum atomic E-state index is -0.351. The average molecular weight is 528 g/mol. The molecule has 0 aromatic heterocycles. The maximum absolute atomic E-state index is 12.1. The Labute approximate surface area is 187 Å². The van der Waals surface area contributed by atoms with Crippen LogP contribution in [0.3, 0.4) is 0 Å². The molecule has 0 spiro atoms. The predicted molar refractivity (Wildman–Crippen MR) is 121 cm³/mol. The standard InChI is InChI=1S/C21H24Br2N2O4/c1-5-28-21-17(23)8-14(9-19(21)27-4)11-24-25-20(26)12-29-18-7-6-15(22)10-16(18)13(2)3/h6-11,13H,5,12H2,1-4H3,(H,25,26)/b24-11+. The molecule has 2 rings (SSSR count). The number of amides is 1. The third kappa shape index (κ3) is 6.75. The Morgan fingerprint density at radius 3 is 2.59 bits per heavy atom. The normalized spacial score (nSPS) is 11.0. The smallest absolute Gasteiger partial charge is 0.277 e. The third-order valence-corrected chi connectivity index (χ3v) is 4.98. The Morgan fingerprint density at radius 2 is 1.93 bits per heavy atom. The summed E-state index contributed by atoms with van der Waals surface area (Å²) in [7, 11) is 1.57. The third-order valence-electron chi connectivity index (χ3n) is 3.90. The van der Waals surface area contributed by atoms with Crippen LogP contribution in [-0.2, 0) is 4.79 Å². The van der Waals surface area contributed by atoms with Crippen LogP contribution in [0, 0.1) is 0 Å². The van der Waals surface area contributed by atoms with Gasteiger partial charge < -0.3 is 14.2 Å². The van der Waals surface area contributed by atoms with E-state index in [0.717, 1.165) is 20.1 Å². The molecule has 1 amide bonds. The molecule has 1 N–H and O–H groups in total. The topological polar surface area (TPSA) is 69.2 Å². The van der Waals surface area contributed by atoms with Crippen LogP contribution < -0.4 is 19.6 Å². The molecule has 0 saturated heterocycles. The molecule has 8 heteroatoms. The van der Waals surface area contributed by atoms with E-state index in [1.54, 1.807) is 13.2 Å². The first-order chi connectivity index (χ1) is 13.8. The SMILES string of the molecule is CCOc1c(Br)cc(/C=N/NC(=O)COc2ccc(Br)cc2C(C)C)cc1OC. The second kappa shape index (κ2) is 11.2. The van der Waals surface area contributed by atoms with Crippen molar-refractivity contribution >= 4 is 44.0 Å². The van der Waals surface area contributed by atoms with Crippen molar-refractivity contribution in [2.24, 2.45) is 5.10 Å². The van der Waals surface area contributed by atoms with Gasteiger partial charge >= 0.3 is 0 Å². The fourth-order valence-electron chi connectivity index (χ4n) is 2.56. The zero-order valence-corrected chi connectivity index (χ0v) is 20.0. The Kier molecular flexibility index (Phi) is 8.98. The van der Waals surface area contributed by atoms with Crippen molar-refractivity contribution in [2.45, 2.75) is 26.7 Å². The molecule has 29 heavy (non-hydrogen) atoms. The maximum Gasteiger partial charge on any atom is 0.277 e. The first-order valence-electron chi connectivity index (χ1n) is 9.10. The first-order valence-corrected chi connectivity index (χ1v) is 10.7. The summed E-state index contributed by atoms with van der Waals surface area (Å²) in [6.45, 7) is 6.44. The summed E-state index contributed by atoms with van der Waals surface area (Å²) in [5.74, 6) is 1.81. The largest absolute Gasteiger partial charge is 0.493 e. The van der Waals surface area contributed by atoms with Crippen LogP contribution in [0.2, 0.25) is 0 Å². The highest BCUT2D eigenvalue weighted by Gasteiger charge is 2.12. The maximum atomic E-state index is 12.1. The number of hydrazone groups is 1. The molecular formula is C21H24Br2N2O4. The quantitative estimate of drug-likeness (QED) is 0.356. The highest BCUT2D eigenvalue weighted by atomic mass is 79.9. The zero-order chi connectivity index (χ0) is 21.4. The van der Waals surface area contributed by atoms with Crippen molar-refractivity contribution in [3.63, 3.8) is 0 Å². The number of hydrogen-bond donors (Lipinski definition) is 1. The van der Waals surface area contributed by atoms with Gasteiger partial charge in [-0.15, -0.1) is 0 Å². The van der Waals surface area contributed by atoms with Crippen molar-refractivity contribution in [3.8, 4) is 17.2 Å². The number of carbonyl (C=O) groups is 1. The van der Waals surface area contributed by atoms with E-state index in [0.29, 0.717) is 23.9 Å². The van der Waals surface area contributed by atoms with E-state index in [1.165, 1.54) is 6.21 Å². The number of methoxy groups -OCH3 is 1. The van der Waals surface area contributed by atoms with Gasteiger partial charge in [-0.05, 0) is 70.2 Å². The summed E-state index contributed by atoms with van der Waals surface area (Å²) < 4.78 is 18.3. The summed E-state index contributed by atoms with van der Waals surface area (Å²) in [4.78, 5) is 12.1. The molecule has 0 aliphatic rings. The molecule has 156 valence electrons. The molecule has 2 aromatic carbocycles. The lowest BCUT2D eigenvalue weighted by atomic mass is 10.0. The zero-order valence-electron chi connectivity index (χ0n) is 16.8. The van der Waals surface area contributed by atoms with Gasteiger partial charge in [0.1, 0.15) is 5.75 Å². The number of nitrogens with zero attached hydrogens (tertiary/aromatic N) is 1. The minimum Gasteiger partial charge on any atom is -0.493 e. The fraction of sp³-hybridized carbons (Fsp3) is 0.333. The van der Waals surface area contributed by atoms with E-state index in [9.17, 15) is 4.79 Å². The highest BCUT2D eigenvalue weighted by Crippen LogP contribution is 2.36. The van der Waals surface area contributed by atoms with Crippen molar-refractivity contribution in [2.75, 3.05) is 20.3 Å². The Bertz CT molecular complexity index is 885. The van der Waals surface area contributed by atoms with Crippen LogP contribution in [0.4, 0.5) is 0 Å². The van der Waals surface area contributed by atoms with E-state index < -0.39 is 0 Å². The van der Waals surface area contributed by atoms with E-state index in [-0.39, 0.29) is 18.4 Å². The van der Waals surface area contributed by atoms with Crippen LogP contribution in [0.25, 0.3) is 0 Å². The molecule has 6 nitrogen and oxygen atoms in total. The highest BCUT2D eigenvalue weighted by molar-refractivity contribution is 9.10. The number of rotatable bonds is 9. The van der Waals surface area contributed by atoms with E-state index >= 15 is 0 Å². The van der Waals surface area contributed by atoms with Gasteiger partial charge in [-0.25, -0.2) is 5.43 Å². The van der Waals surface area contributed by atoms with Crippen molar-refractivity contribution in [1.82, 2.24) is 5.43 Å². The number of halogens is 2. The second-order valence-electron chi connectivity index (χ2n) is 6.39. The van der Waals surface area contributed by atoms with Gasteiger partial charge in [0.2, 0.25) is 0 Å². The van der Waals surface area contributed by atoms with Gasteiger partial charge in [0.25, 0.3) is 5.91 Å². The second-order valence-corrected chi connectivity index (χ2v) is 8.16. The summed E-state index contributed by atoms with van der Waals surface area (Å²) in [5.41, 5.74) is 4.24. The number of hydrogen-bond acceptors (Lipinski definition) is 5. The average Bonchev–Trinajstić information content (AvgIpc) is 2.68. The van der Waals surface area contributed by atoms with Crippen molar-refractivity contribution in [1.29, 1.82) is 0 Å². The Balaban J connectivity index is 1.98. The molecule has 0 aliphatic carbocycles. The van der Waals surface area contributed by atoms with Gasteiger partial charge in [0.15, 0.2) is 18.1 Å². The summed E-state index contributed by atoms with van der Waals surface area (Å²) in [6.07, 6.45) is 1.53. The molecule has 0 radical (unpaired) electrons. The molecule has 0 saturated carbocycles. The summed E-state index contributed by atoms with van der Waals surface area (Å²) in [6, 6.07) is 9.33. The van der Waals surface area contributed by atoms with Crippen LogP contribution in [0.1, 0.15) is 37.8 Å². The van der Waals surface area contributed by atoms with Crippen LogP contribution in [0.5, 0.6) is 17.2 Å². The van der Waals surface area contributed by atoms with Gasteiger partial charge in [-0.2, -0.15) is 5.10 Å². The molecule has 0 fully saturated rings. The fourth-order valence-corrected chi connectivity index (χ4v) is 3.51. The minimum absolute atomic E-state index is 0.130. The van der Waals surface area contributed by atoms with E-state index in [2.05, 4.69) is 56.2 Å². The molecule has 2 aromatic rings. The number of nitrogens with one attached hydrogen (secondary N) is 1. The van der Waals surface area contributed by atoms with Gasteiger partial charge in [0.05, 0.1) is 24.4 Å². The Hall–Kier alpha value is -2.06. The lowest BCUT2D eigenvalue weighted by Gasteiger charge is -2.14. The molecule has 0 atom stereocenters. The first kappa shape index (κ1) is 23.2. The summed E-state index contributed by atoms with van der Waals surface area (Å²) in [5, 5.41) is 3.99. The lowest BCUT2D eigenvalue weighted by Crippen LogP contribution is -2.24. The number of benzene rings is 2. The molecule has 0 heterocycles. The summed E-state index contributed by atoms with van der Waals surface area (Å²) >= 11 is 6.91. The Morgan fingerprint density at radius 1 is 1.17 bits per heavy atom. The lowest BCUT2D eigenvalue weighted by molar-refractivity contribution is -0.123. The molecular weight excluding hydrogens is 504 g/mol. The van der Waals surface area contributed by atoms with Crippen molar-refractivity contribution in [3.05, 3.63) is 50.4 Å². The van der Waals surface area contributed by atoms with Gasteiger partial charge in [-0.3, -0.25) is 4.79 Å². The molecule has 0 aliphatic heterocycles. The van der Waals surface area contributed by atoms with Crippen molar-refractivity contribution < 1.29 is 19.0 Å². The van der Waals surface area contributed by atoms with Gasteiger partial charge in [0, 0.05) is 4.47 Å². The number of carbonyl (C=O) groups excluding carboxylic acids is 1. The molecule has 0 bridgehead atoms. The van der Waals surface area contributed by atoms with Gasteiger partial charge in [-0.1, -0.05) is 29.8 Å². The van der Waals surface area contributed by atoms with Crippen LogP contribution in [0.15, 0.2) is 44.4 Å². The number of ether oxygens (including phenoxy) is 3. The molecule has 0 unspecified atom stereocenters. The van der Waals surface area contributed by atoms with E-state index in [1.807, 2.05) is 31.2 Å².